The maximum Gasteiger partial charge on any atom is 0.244 e. The Bertz CT molecular complexity index is 414. The summed E-state index contributed by atoms with van der Waals surface area (Å²) in [5.74, 6) is 0.745. The molecule has 1 amide bonds. The average molecular weight is 285 g/mol. The van der Waals surface area contributed by atoms with Crippen molar-refractivity contribution >= 4 is 17.7 Å². The van der Waals surface area contributed by atoms with Crippen molar-refractivity contribution in [2.45, 2.75) is 39.3 Å². The number of aliphatic hydroxyl groups excluding tert-OH is 1. The van der Waals surface area contributed by atoms with Gasteiger partial charge in [-0.25, -0.2) is 0 Å². The Balaban J connectivity index is 2.68. The fourth-order valence-electron chi connectivity index (χ4n) is 2.03. The summed E-state index contributed by atoms with van der Waals surface area (Å²) in [6.45, 7) is 5.77. The third kappa shape index (κ3) is 4.54. The molecule has 2 N–H and O–H groups in total. The Morgan fingerprint density at radius 2 is 2.26 bits per heavy atom. The van der Waals surface area contributed by atoms with Gasteiger partial charge in [0.05, 0.1) is 5.69 Å². The Labute approximate surface area is 118 Å². The number of thioether (sulfide) groups is 1. The van der Waals surface area contributed by atoms with Crippen molar-refractivity contribution in [1.82, 2.24) is 15.1 Å². The fraction of sp³-hybridized carbons (Fsp3) is 0.692. The summed E-state index contributed by atoms with van der Waals surface area (Å²) < 4.78 is 1.74. The molecular weight excluding hydrogens is 262 g/mol. The van der Waals surface area contributed by atoms with E-state index in [4.69, 9.17) is 5.11 Å². The average Bonchev–Trinajstić information content (AvgIpc) is 2.68. The van der Waals surface area contributed by atoms with E-state index in [1.54, 1.807) is 16.4 Å². The predicted molar refractivity (Wildman–Crippen MR) is 78.4 cm³/mol. The zero-order valence-corrected chi connectivity index (χ0v) is 12.8. The number of carbonyl (C=O) groups is 1. The van der Waals surface area contributed by atoms with E-state index in [0.29, 0.717) is 6.42 Å². The van der Waals surface area contributed by atoms with E-state index in [9.17, 15) is 4.79 Å². The summed E-state index contributed by atoms with van der Waals surface area (Å²) in [4.78, 5) is 12.2. The predicted octanol–water partition coefficient (Wildman–Crippen LogP) is 1.29. The van der Waals surface area contributed by atoms with Gasteiger partial charge in [0.1, 0.15) is 6.04 Å². The number of aliphatic hydroxyl groups is 1. The first-order valence-corrected chi connectivity index (χ1v) is 7.82. The first-order valence-electron chi connectivity index (χ1n) is 6.42. The van der Waals surface area contributed by atoms with Crippen molar-refractivity contribution in [3.63, 3.8) is 0 Å². The number of amides is 1. The van der Waals surface area contributed by atoms with Gasteiger partial charge in [-0.1, -0.05) is 0 Å². The molecule has 6 heteroatoms. The molecule has 0 aliphatic rings. The van der Waals surface area contributed by atoms with Crippen molar-refractivity contribution in [2.75, 3.05) is 18.6 Å². The minimum Gasteiger partial charge on any atom is -0.396 e. The molecule has 0 saturated carbocycles. The normalized spacial score (nSPS) is 14.2. The summed E-state index contributed by atoms with van der Waals surface area (Å²) in [6, 6.07) is 1.63. The molecule has 0 fully saturated rings. The van der Waals surface area contributed by atoms with Crippen LogP contribution in [0.15, 0.2) is 6.07 Å². The van der Waals surface area contributed by atoms with Crippen LogP contribution in [0.25, 0.3) is 0 Å². The van der Waals surface area contributed by atoms with Crippen molar-refractivity contribution in [3.05, 3.63) is 17.5 Å². The molecule has 0 aromatic carbocycles. The van der Waals surface area contributed by atoms with Crippen LogP contribution in [0.2, 0.25) is 0 Å². The molecule has 2 atom stereocenters. The molecule has 1 rings (SSSR count). The van der Waals surface area contributed by atoms with E-state index in [1.807, 2.05) is 33.1 Å². The number of hydrogen-bond donors (Lipinski definition) is 2. The number of hydrogen-bond acceptors (Lipinski definition) is 4. The Morgan fingerprint density at radius 1 is 1.58 bits per heavy atom. The van der Waals surface area contributed by atoms with Gasteiger partial charge in [0.15, 0.2) is 0 Å². The van der Waals surface area contributed by atoms with Crippen LogP contribution in [-0.4, -0.2) is 45.5 Å². The van der Waals surface area contributed by atoms with Gasteiger partial charge >= 0.3 is 0 Å². The highest BCUT2D eigenvalue weighted by molar-refractivity contribution is 7.98. The minimum absolute atomic E-state index is 0.00640. The van der Waals surface area contributed by atoms with Gasteiger partial charge in [-0.3, -0.25) is 9.48 Å². The molecule has 2 unspecified atom stereocenters. The molecule has 1 aromatic rings. The number of aromatic nitrogens is 2. The Hall–Kier alpha value is -1.01. The second-order valence-corrected chi connectivity index (χ2v) is 5.63. The highest BCUT2D eigenvalue weighted by Gasteiger charge is 2.20. The maximum atomic E-state index is 12.2. The van der Waals surface area contributed by atoms with Gasteiger partial charge in [-0.15, -0.1) is 0 Å². The van der Waals surface area contributed by atoms with Crippen molar-refractivity contribution in [1.29, 1.82) is 0 Å². The maximum absolute atomic E-state index is 12.2. The molecule has 1 heterocycles. The molecule has 0 aliphatic carbocycles. The van der Waals surface area contributed by atoms with Crippen LogP contribution in [0.1, 0.15) is 30.8 Å². The second kappa shape index (κ2) is 7.55. The Morgan fingerprint density at radius 3 is 2.74 bits per heavy atom. The van der Waals surface area contributed by atoms with Crippen LogP contribution >= 0.6 is 11.8 Å². The van der Waals surface area contributed by atoms with Gasteiger partial charge in [0.2, 0.25) is 5.91 Å². The molecule has 0 spiro atoms. The topological polar surface area (TPSA) is 67.2 Å². The number of aryl methyl sites for hydroxylation is 2. The zero-order chi connectivity index (χ0) is 14.4. The smallest absolute Gasteiger partial charge is 0.244 e. The van der Waals surface area contributed by atoms with Gasteiger partial charge in [0.25, 0.3) is 0 Å². The second-order valence-electron chi connectivity index (χ2n) is 4.72. The van der Waals surface area contributed by atoms with Gasteiger partial charge in [0, 0.05) is 24.1 Å². The van der Waals surface area contributed by atoms with E-state index in [1.165, 1.54) is 0 Å². The van der Waals surface area contributed by atoms with Gasteiger partial charge in [-0.2, -0.15) is 16.9 Å². The molecule has 0 bridgehead atoms. The first kappa shape index (κ1) is 16.0. The summed E-state index contributed by atoms with van der Waals surface area (Å²) in [5.41, 5.74) is 1.89. The third-order valence-corrected chi connectivity index (χ3v) is 3.72. The summed E-state index contributed by atoms with van der Waals surface area (Å²) in [7, 11) is 0. The molecule has 108 valence electrons. The largest absolute Gasteiger partial charge is 0.396 e. The monoisotopic (exact) mass is 285 g/mol. The lowest BCUT2D eigenvalue weighted by Gasteiger charge is -2.20. The van der Waals surface area contributed by atoms with Crippen LogP contribution < -0.4 is 5.32 Å². The van der Waals surface area contributed by atoms with E-state index in [-0.39, 0.29) is 24.6 Å². The van der Waals surface area contributed by atoms with Crippen molar-refractivity contribution < 1.29 is 9.90 Å². The van der Waals surface area contributed by atoms with Gasteiger partial charge < -0.3 is 10.4 Å². The number of nitrogens with zero attached hydrogens (tertiary/aromatic N) is 2. The molecule has 0 aliphatic heterocycles. The molecule has 19 heavy (non-hydrogen) atoms. The number of rotatable bonds is 7. The quantitative estimate of drug-likeness (QED) is 0.792. The molecular formula is C13H23N3O2S. The Kier molecular flexibility index (Phi) is 6.37. The zero-order valence-electron chi connectivity index (χ0n) is 12.0. The SMILES string of the molecule is CSCC(CCO)NC(=O)C(C)n1nc(C)cc1C. The number of nitrogens with one attached hydrogen (secondary N) is 1. The lowest BCUT2D eigenvalue weighted by molar-refractivity contribution is -0.124. The van der Waals surface area contributed by atoms with Crippen LogP contribution in [0.4, 0.5) is 0 Å². The highest BCUT2D eigenvalue weighted by atomic mass is 32.2. The first-order chi connectivity index (χ1) is 8.99. The number of carbonyl (C=O) groups excluding carboxylic acids is 1. The van der Waals surface area contributed by atoms with Crippen LogP contribution in [-0.2, 0) is 4.79 Å². The highest BCUT2D eigenvalue weighted by Crippen LogP contribution is 2.12. The fourth-order valence-corrected chi connectivity index (χ4v) is 2.68. The summed E-state index contributed by atoms with van der Waals surface area (Å²) in [5, 5.41) is 16.3. The van der Waals surface area contributed by atoms with E-state index in [0.717, 1.165) is 17.1 Å². The van der Waals surface area contributed by atoms with E-state index < -0.39 is 0 Å². The van der Waals surface area contributed by atoms with Crippen molar-refractivity contribution in [3.8, 4) is 0 Å². The molecule has 0 saturated heterocycles. The minimum atomic E-state index is -0.336. The van der Waals surface area contributed by atoms with Gasteiger partial charge in [-0.05, 0) is 39.5 Å². The lowest BCUT2D eigenvalue weighted by atomic mass is 10.2. The van der Waals surface area contributed by atoms with Crippen LogP contribution in [0.5, 0.6) is 0 Å². The molecule has 1 aromatic heterocycles. The molecule has 5 nitrogen and oxygen atoms in total. The lowest BCUT2D eigenvalue weighted by Crippen LogP contribution is -2.41. The van der Waals surface area contributed by atoms with Crippen molar-refractivity contribution in [2.24, 2.45) is 0 Å². The van der Waals surface area contributed by atoms with Crippen LogP contribution in [0, 0.1) is 13.8 Å². The summed E-state index contributed by atoms with van der Waals surface area (Å²) >= 11 is 1.66. The third-order valence-electron chi connectivity index (χ3n) is 2.98. The standard InChI is InChI=1S/C13H23N3O2S/c1-9-7-10(2)16(15-9)11(3)13(18)14-12(5-6-17)8-19-4/h7,11-12,17H,5-6,8H2,1-4H3,(H,14,18). The summed E-state index contributed by atoms with van der Waals surface area (Å²) in [6.07, 6.45) is 2.57. The van der Waals surface area contributed by atoms with E-state index >= 15 is 0 Å². The van der Waals surface area contributed by atoms with Crippen LogP contribution in [0.3, 0.4) is 0 Å². The van der Waals surface area contributed by atoms with E-state index in [2.05, 4.69) is 10.4 Å². The molecule has 0 radical (unpaired) electrons.